The fraction of sp³-hybridized carbons (Fsp3) is 0.533. The molecule has 2 saturated heterocycles. The van der Waals surface area contributed by atoms with E-state index < -0.39 is 0 Å². The maximum absolute atomic E-state index is 12.6. The fourth-order valence-electron chi connectivity index (χ4n) is 3.21. The quantitative estimate of drug-likeness (QED) is 0.885. The molecule has 2 aliphatic heterocycles. The van der Waals surface area contributed by atoms with E-state index in [1.165, 1.54) is 13.5 Å². The molecule has 5 heteroatoms. The molecular formula is C15H20N2O3. The van der Waals surface area contributed by atoms with Crippen LogP contribution < -0.4 is 4.74 Å². The number of carbonyl (C=O) groups is 1. The Morgan fingerprint density at radius 3 is 3.00 bits per heavy atom. The molecule has 0 saturated carbocycles. The third kappa shape index (κ3) is 2.22. The largest absolute Gasteiger partial charge is 0.504 e. The summed E-state index contributed by atoms with van der Waals surface area (Å²) in [5, 5.41) is 10.1. The molecule has 0 radical (unpaired) electrons. The van der Waals surface area contributed by atoms with Crippen LogP contribution in [0.1, 0.15) is 23.2 Å². The second-order valence-corrected chi connectivity index (χ2v) is 5.44. The van der Waals surface area contributed by atoms with Crippen LogP contribution in [0.5, 0.6) is 11.5 Å². The van der Waals surface area contributed by atoms with Crippen molar-refractivity contribution in [1.82, 2.24) is 9.80 Å². The SMILES string of the molecule is COc1cccc(C(=O)N2CCN3CCCC3C2)c1O. The number of amides is 1. The van der Waals surface area contributed by atoms with Gasteiger partial charge < -0.3 is 14.7 Å². The predicted octanol–water partition coefficient (Wildman–Crippen LogP) is 1.32. The Morgan fingerprint density at radius 1 is 1.35 bits per heavy atom. The highest BCUT2D eigenvalue weighted by Gasteiger charge is 2.33. The van der Waals surface area contributed by atoms with Crippen LogP contribution in [0.4, 0.5) is 0 Å². The number of hydrogen-bond donors (Lipinski definition) is 1. The zero-order chi connectivity index (χ0) is 14.1. The van der Waals surface area contributed by atoms with Crippen molar-refractivity contribution in [3.05, 3.63) is 23.8 Å². The number of carbonyl (C=O) groups excluding carboxylic acids is 1. The van der Waals surface area contributed by atoms with Crippen LogP contribution in [0, 0.1) is 0 Å². The van der Waals surface area contributed by atoms with Crippen LogP contribution in [-0.4, -0.2) is 60.1 Å². The predicted molar refractivity (Wildman–Crippen MR) is 75.2 cm³/mol. The van der Waals surface area contributed by atoms with Gasteiger partial charge in [-0.1, -0.05) is 6.07 Å². The minimum atomic E-state index is -0.104. The molecule has 1 amide bonds. The number of piperazine rings is 1. The summed E-state index contributed by atoms with van der Waals surface area (Å²) < 4.78 is 5.06. The van der Waals surface area contributed by atoms with Gasteiger partial charge in [0.1, 0.15) is 0 Å². The van der Waals surface area contributed by atoms with E-state index in [1.807, 2.05) is 4.90 Å². The van der Waals surface area contributed by atoms with Crippen molar-refractivity contribution < 1.29 is 14.6 Å². The van der Waals surface area contributed by atoms with Crippen LogP contribution in [-0.2, 0) is 0 Å². The van der Waals surface area contributed by atoms with Crippen LogP contribution in [0.25, 0.3) is 0 Å². The van der Waals surface area contributed by atoms with Gasteiger partial charge in [0.2, 0.25) is 0 Å². The molecular weight excluding hydrogens is 256 g/mol. The van der Waals surface area contributed by atoms with Gasteiger partial charge in [-0.2, -0.15) is 0 Å². The third-order valence-corrected chi connectivity index (χ3v) is 4.32. The summed E-state index contributed by atoms with van der Waals surface area (Å²) in [6.07, 6.45) is 2.38. The number of aromatic hydroxyl groups is 1. The molecule has 108 valence electrons. The van der Waals surface area contributed by atoms with Crippen molar-refractivity contribution in [1.29, 1.82) is 0 Å². The van der Waals surface area contributed by atoms with E-state index in [0.717, 1.165) is 32.6 Å². The monoisotopic (exact) mass is 276 g/mol. The average Bonchev–Trinajstić information content (AvgIpc) is 2.94. The molecule has 2 fully saturated rings. The summed E-state index contributed by atoms with van der Waals surface area (Å²) in [7, 11) is 1.49. The minimum absolute atomic E-state index is 0.0612. The zero-order valence-corrected chi connectivity index (χ0v) is 11.7. The normalized spacial score (nSPS) is 22.6. The van der Waals surface area contributed by atoms with Gasteiger partial charge in [0.25, 0.3) is 5.91 Å². The van der Waals surface area contributed by atoms with Crippen molar-refractivity contribution in [2.45, 2.75) is 18.9 Å². The van der Waals surface area contributed by atoms with E-state index in [2.05, 4.69) is 4.90 Å². The first kappa shape index (κ1) is 13.2. The number of para-hydroxylation sites is 1. The highest BCUT2D eigenvalue weighted by atomic mass is 16.5. The molecule has 0 aromatic heterocycles. The number of phenolic OH excluding ortho intramolecular Hbond substituents is 1. The lowest BCUT2D eigenvalue weighted by Gasteiger charge is -2.37. The lowest BCUT2D eigenvalue weighted by atomic mass is 10.1. The molecule has 5 nitrogen and oxygen atoms in total. The van der Waals surface area contributed by atoms with E-state index in [0.29, 0.717) is 17.4 Å². The van der Waals surface area contributed by atoms with Crippen LogP contribution in [0.2, 0.25) is 0 Å². The Hall–Kier alpha value is -1.75. The highest BCUT2D eigenvalue weighted by molar-refractivity contribution is 5.97. The molecule has 0 spiro atoms. The van der Waals surface area contributed by atoms with E-state index >= 15 is 0 Å². The Morgan fingerprint density at radius 2 is 2.20 bits per heavy atom. The Kier molecular flexibility index (Phi) is 3.53. The van der Waals surface area contributed by atoms with Crippen molar-refractivity contribution in [3.63, 3.8) is 0 Å². The molecule has 0 aliphatic carbocycles. The molecule has 2 aliphatic rings. The maximum atomic E-state index is 12.6. The molecule has 1 atom stereocenters. The molecule has 3 rings (SSSR count). The number of nitrogens with zero attached hydrogens (tertiary/aromatic N) is 2. The molecule has 1 unspecified atom stereocenters. The first-order valence-corrected chi connectivity index (χ1v) is 7.10. The standard InChI is InChI=1S/C15H20N2O3/c1-20-13-6-2-5-12(14(13)18)15(19)17-9-8-16-7-3-4-11(16)10-17/h2,5-6,11,18H,3-4,7-10H2,1H3. The first-order chi connectivity index (χ1) is 9.70. The van der Waals surface area contributed by atoms with Crippen molar-refractivity contribution in [2.75, 3.05) is 33.3 Å². The van der Waals surface area contributed by atoms with E-state index in [9.17, 15) is 9.90 Å². The second kappa shape index (κ2) is 5.32. The van der Waals surface area contributed by atoms with E-state index in [-0.39, 0.29) is 11.7 Å². The number of methoxy groups -OCH3 is 1. The number of phenols is 1. The van der Waals surface area contributed by atoms with Crippen LogP contribution >= 0.6 is 0 Å². The van der Waals surface area contributed by atoms with Gasteiger partial charge in [-0.05, 0) is 31.5 Å². The number of hydrogen-bond acceptors (Lipinski definition) is 4. The minimum Gasteiger partial charge on any atom is -0.504 e. The summed E-state index contributed by atoms with van der Waals surface area (Å²) in [6, 6.07) is 5.53. The van der Waals surface area contributed by atoms with E-state index in [4.69, 9.17) is 4.74 Å². The van der Waals surface area contributed by atoms with E-state index in [1.54, 1.807) is 18.2 Å². The smallest absolute Gasteiger partial charge is 0.257 e. The first-order valence-electron chi connectivity index (χ1n) is 7.10. The molecule has 0 bridgehead atoms. The summed E-state index contributed by atoms with van der Waals surface area (Å²) in [5.41, 5.74) is 0.329. The molecule has 1 aromatic rings. The second-order valence-electron chi connectivity index (χ2n) is 5.44. The summed E-state index contributed by atoms with van der Waals surface area (Å²) in [6.45, 7) is 3.57. The molecule has 1 N–H and O–H groups in total. The topological polar surface area (TPSA) is 53.0 Å². The van der Waals surface area contributed by atoms with Gasteiger partial charge in [0, 0.05) is 25.7 Å². The summed E-state index contributed by atoms with van der Waals surface area (Å²) in [5.74, 6) is 0.178. The van der Waals surface area contributed by atoms with Crippen LogP contribution in [0.15, 0.2) is 18.2 Å². The summed E-state index contributed by atoms with van der Waals surface area (Å²) in [4.78, 5) is 16.9. The summed E-state index contributed by atoms with van der Waals surface area (Å²) >= 11 is 0. The maximum Gasteiger partial charge on any atom is 0.257 e. The third-order valence-electron chi connectivity index (χ3n) is 4.32. The van der Waals surface area contributed by atoms with Gasteiger partial charge >= 0.3 is 0 Å². The Labute approximate surface area is 118 Å². The number of rotatable bonds is 2. The van der Waals surface area contributed by atoms with Crippen molar-refractivity contribution in [2.24, 2.45) is 0 Å². The highest BCUT2D eigenvalue weighted by Crippen LogP contribution is 2.31. The van der Waals surface area contributed by atoms with Gasteiger partial charge in [0.05, 0.1) is 12.7 Å². The lowest BCUT2D eigenvalue weighted by Crippen LogP contribution is -2.52. The van der Waals surface area contributed by atoms with Gasteiger partial charge in [0.15, 0.2) is 11.5 Å². The molecule has 2 heterocycles. The fourth-order valence-corrected chi connectivity index (χ4v) is 3.21. The Bertz CT molecular complexity index is 518. The molecule has 1 aromatic carbocycles. The number of fused-ring (bicyclic) bond motifs is 1. The van der Waals surface area contributed by atoms with Gasteiger partial charge in [-0.25, -0.2) is 0 Å². The zero-order valence-electron chi connectivity index (χ0n) is 11.7. The van der Waals surface area contributed by atoms with Gasteiger partial charge in [-0.15, -0.1) is 0 Å². The van der Waals surface area contributed by atoms with Crippen molar-refractivity contribution >= 4 is 5.91 Å². The average molecular weight is 276 g/mol. The number of ether oxygens (including phenoxy) is 1. The Balaban J connectivity index is 1.79. The van der Waals surface area contributed by atoms with Crippen molar-refractivity contribution in [3.8, 4) is 11.5 Å². The van der Waals surface area contributed by atoms with Crippen LogP contribution in [0.3, 0.4) is 0 Å². The lowest BCUT2D eigenvalue weighted by molar-refractivity contribution is 0.0568. The molecule has 20 heavy (non-hydrogen) atoms. The van der Waals surface area contributed by atoms with Gasteiger partial charge in [-0.3, -0.25) is 9.69 Å². The number of benzene rings is 1.